The largest absolute Gasteiger partial charge is 0.469 e. The van der Waals surface area contributed by atoms with E-state index in [1.54, 1.807) is 18.3 Å². The third-order valence-corrected chi connectivity index (χ3v) is 4.89. The molecule has 0 N–H and O–H groups in total. The number of pyridine rings is 1. The summed E-state index contributed by atoms with van der Waals surface area (Å²) in [6.45, 7) is 7.37. The van der Waals surface area contributed by atoms with Crippen LogP contribution in [0.4, 0.5) is 0 Å². The summed E-state index contributed by atoms with van der Waals surface area (Å²) in [7, 11) is 1.39. The van der Waals surface area contributed by atoms with Gasteiger partial charge in [0.15, 0.2) is 0 Å². The second-order valence-corrected chi connectivity index (χ2v) is 8.33. The maximum atomic E-state index is 12.2. The van der Waals surface area contributed by atoms with Crippen LogP contribution in [0, 0.1) is 0 Å². The Kier molecular flexibility index (Phi) is 6.20. The van der Waals surface area contributed by atoms with Crippen LogP contribution in [0.25, 0.3) is 10.8 Å². The van der Waals surface area contributed by atoms with Crippen molar-refractivity contribution >= 4 is 22.7 Å². The lowest BCUT2D eigenvalue weighted by atomic mass is 9.94. The van der Waals surface area contributed by atoms with Crippen molar-refractivity contribution in [1.82, 2.24) is 4.98 Å². The summed E-state index contributed by atoms with van der Waals surface area (Å²) in [6.07, 6.45) is 2.37. The standard InChI is InChI=1S/C25H27NO4/c1-16(23(27)29-5)21-15-26-22(20-9-7-6-8-19(20)21)14-17-10-12-18(13-11-17)24(28)30-25(2,3)4/h6-13,15-16H,14H2,1-5H3. The van der Waals surface area contributed by atoms with E-state index in [2.05, 4.69) is 4.98 Å². The Morgan fingerprint density at radius 3 is 2.23 bits per heavy atom. The highest BCUT2D eigenvalue weighted by molar-refractivity contribution is 5.92. The zero-order valence-corrected chi connectivity index (χ0v) is 18.1. The van der Waals surface area contributed by atoms with Gasteiger partial charge in [0.2, 0.25) is 0 Å². The third-order valence-electron chi connectivity index (χ3n) is 4.89. The minimum absolute atomic E-state index is 0.285. The van der Waals surface area contributed by atoms with Gasteiger partial charge in [-0.05, 0) is 56.3 Å². The molecule has 0 fully saturated rings. The minimum Gasteiger partial charge on any atom is -0.469 e. The van der Waals surface area contributed by atoms with E-state index in [-0.39, 0.29) is 11.9 Å². The molecule has 0 saturated heterocycles. The van der Waals surface area contributed by atoms with Crippen LogP contribution in [0.3, 0.4) is 0 Å². The zero-order chi connectivity index (χ0) is 21.9. The van der Waals surface area contributed by atoms with Gasteiger partial charge >= 0.3 is 11.9 Å². The second kappa shape index (κ2) is 8.66. The van der Waals surface area contributed by atoms with Crippen molar-refractivity contribution in [2.24, 2.45) is 0 Å². The average Bonchev–Trinajstić information content (AvgIpc) is 2.72. The summed E-state index contributed by atoms with van der Waals surface area (Å²) in [6, 6.07) is 15.3. The van der Waals surface area contributed by atoms with Gasteiger partial charge in [-0.1, -0.05) is 36.4 Å². The van der Waals surface area contributed by atoms with Crippen LogP contribution in [-0.4, -0.2) is 29.6 Å². The molecule has 0 amide bonds. The molecular weight excluding hydrogens is 378 g/mol. The van der Waals surface area contributed by atoms with Crippen LogP contribution < -0.4 is 0 Å². The van der Waals surface area contributed by atoms with Crippen LogP contribution in [0.15, 0.2) is 54.7 Å². The van der Waals surface area contributed by atoms with Gasteiger partial charge < -0.3 is 9.47 Å². The van der Waals surface area contributed by atoms with Crippen LogP contribution >= 0.6 is 0 Å². The molecule has 0 aliphatic rings. The number of hydrogen-bond acceptors (Lipinski definition) is 5. The van der Waals surface area contributed by atoms with E-state index in [9.17, 15) is 9.59 Å². The van der Waals surface area contributed by atoms with E-state index in [1.165, 1.54) is 7.11 Å². The molecule has 0 bridgehead atoms. The number of nitrogens with zero attached hydrogens (tertiary/aromatic N) is 1. The van der Waals surface area contributed by atoms with E-state index in [1.807, 2.05) is 64.1 Å². The number of benzene rings is 2. The number of methoxy groups -OCH3 is 1. The predicted octanol–water partition coefficient (Wildman–Crippen LogP) is 5.06. The highest BCUT2D eigenvalue weighted by atomic mass is 16.6. The topological polar surface area (TPSA) is 65.5 Å². The lowest BCUT2D eigenvalue weighted by Gasteiger charge is -2.19. The predicted molar refractivity (Wildman–Crippen MR) is 117 cm³/mol. The molecule has 30 heavy (non-hydrogen) atoms. The molecule has 3 rings (SSSR count). The van der Waals surface area contributed by atoms with Gasteiger partial charge in [0.1, 0.15) is 5.60 Å². The highest BCUT2D eigenvalue weighted by Gasteiger charge is 2.20. The smallest absolute Gasteiger partial charge is 0.338 e. The van der Waals surface area contributed by atoms with Gasteiger partial charge in [0, 0.05) is 18.0 Å². The number of hydrogen-bond donors (Lipinski definition) is 0. The molecule has 0 saturated carbocycles. The molecule has 0 aliphatic carbocycles. The molecule has 5 nitrogen and oxygen atoms in total. The van der Waals surface area contributed by atoms with E-state index in [0.717, 1.165) is 27.6 Å². The Hall–Kier alpha value is -3.21. The summed E-state index contributed by atoms with van der Waals surface area (Å²) in [5.41, 5.74) is 2.79. The third kappa shape index (κ3) is 4.85. The van der Waals surface area contributed by atoms with Crippen molar-refractivity contribution in [3.63, 3.8) is 0 Å². The van der Waals surface area contributed by atoms with Gasteiger partial charge in [-0.15, -0.1) is 0 Å². The van der Waals surface area contributed by atoms with Gasteiger partial charge in [-0.25, -0.2) is 4.79 Å². The van der Waals surface area contributed by atoms with Crippen LogP contribution in [0.2, 0.25) is 0 Å². The molecule has 5 heteroatoms. The normalized spacial score (nSPS) is 12.4. The lowest BCUT2D eigenvalue weighted by molar-refractivity contribution is -0.141. The number of aromatic nitrogens is 1. The Morgan fingerprint density at radius 1 is 1.00 bits per heavy atom. The number of carbonyl (C=O) groups excluding carboxylic acids is 2. The summed E-state index contributed by atoms with van der Waals surface area (Å²) >= 11 is 0. The minimum atomic E-state index is -0.526. The molecule has 0 aliphatic heterocycles. The van der Waals surface area contributed by atoms with Crippen molar-refractivity contribution in [3.05, 3.63) is 77.1 Å². The molecule has 1 aromatic heterocycles. The quantitative estimate of drug-likeness (QED) is 0.555. The number of carbonyl (C=O) groups is 2. The van der Waals surface area contributed by atoms with Gasteiger partial charge in [0.25, 0.3) is 0 Å². The average molecular weight is 405 g/mol. The summed E-state index contributed by atoms with van der Waals surface area (Å²) in [5, 5.41) is 1.99. The number of esters is 2. The maximum absolute atomic E-state index is 12.2. The zero-order valence-electron chi connectivity index (χ0n) is 18.1. The summed E-state index contributed by atoms with van der Waals surface area (Å²) < 4.78 is 10.3. The Labute approximate surface area is 177 Å². The van der Waals surface area contributed by atoms with Crippen molar-refractivity contribution in [2.75, 3.05) is 7.11 Å². The number of fused-ring (bicyclic) bond motifs is 1. The van der Waals surface area contributed by atoms with E-state index in [4.69, 9.17) is 9.47 Å². The first kappa shape index (κ1) is 21.5. The van der Waals surface area contributed by atoms with Crippen molar-refractivity contribution < 1.29 is 19.1 Å². The van der Waals surface area contributed by atoms with Gasteiger partial charge in [-0.3, -0.25) is 9.78 Å². The van der Waals surface area contributed by atoms with Crippen LogP contribution in [0.1, 0.15) is 60.8 Å². The van der Waals surface area contributed by atoms with Crippen molar-refractivity contribution in [1.29, 1.82) is 0 Å². The Balaban J connectivity index is 1.88. The summed E-state index contributed by atoms with van der Waals surface area (Å²) in [5.74, 6) is -1.01. The number of rotatable bonds is 5. The Bertz CT molecular complexity index is 1060. The Morgan fingerprint density at radius 2 is 1.63 bits per heavy atom. The van der Waals surface area contributed by atoms with E-state index in [0.29, 0.717) is 12.0 Å². The van der Waals surface area contributed by atoms with Crippen molar-refractivity contribution in [3.8, 4) is 0 Å². The van der Waals surface area contributed by atoms with Gasteiger partial charge in [0.05, 0.1) is 24.3 Å². The molecule has 2 aromatic carbocycles. The van der Waals surface area contributed by atoms with Crippen molar-refractivity contribution in [2.45, 2.75) is 45.6 Å². The highest BCUT2D eigenvalue weighted by Crippen LogP contribution is 2.28. The van der Waals surface area contributed by atoms with Crippen LogP contribution in [-0.2, 0) is 20.7 Å². The fraction of sp³-hybridized carbons (Fsp3) is 0.320. The molecule has 0 radical (unpaired) electrons. The molecule has 3 aromatic rings. The molecule has 1 unspecified atom stereocenters. The SMILES string of the molecule is COC(=O)C(C)c1cnc(Cc2ccc(C(=O)OC(C)(C)C)cc2)c2ccccc12. The molecule has 1 atom stereocenters. The second-order valence-electron chi connectivity index (χ2n) is 8.33. The molecule has 1 heterocycles. The number of ether oxygens (including phenoxy) is 2. The molecule has 156 valence electrons. The maximum Gasteiger partial charge on any atom is 0.338 e. The fourth-order valence-electron chi connectivity index (χ4n) is 3.35. The van der Waals surface area contributed by atoms with E-state index < -0.39 is 11.5 Å². The first-order chi connectivity index (χ1) is 14.2. The van der Waals surface area contributed by atoms with E-state index >= 15 is 0 Å². The fourth-order valence-corrected chi connectivity index (χ4v) is 3.35. The lowest BCUT2D eigenvalue weighted by Crippen LogP contribution is -2.23. The van der Waals surface area contributed by atoms with Gasteiger partial charge in [-0.2, -0.15) is 0 Å². The first-order valence-electron chi connectivity index (χ1n) is 9.96. The molecule has 0 spiro atoms. The first-order valence-corrected chi connectivity index (χ1v) is 9.96. The monoisotopic (exact) mass is 405 g/mol. The molecular formula is C25H27NO4. The summed E-state index contributed by atoms with van der Waals surface area (Å²) in [4.78, 5) is 28.9. The van der Waals surface area contributed by atoms with Crippen LogP contribution in [0.5, 0.6) is 0 Å².